The van der Waals surface area contributed by atoms with Crippen molar-refractivity contribution in [3.05, 3.63) is 33.9 Å². The Labute approximate surface area is 85.4 Å². The summed E-state index contributed by atoms with van der Waals surface area (Å²) in [7, 11) is 0. The number of rotatable bonds is 1. The second-order valence-electron chi connectivity index (χ2n) is 3.78. The Morgan fingerprint density at radius 2 is 1.57 bits per heavy atom. The van der Waals surface area contributed by atoms with E-state index >= 15 is 0 Å². The van der Waals surface area contributed by atoms with Crippen LogP contribution in [0.3, 0.4) is 0 Å². The largest absolute Gasteiger partial charge is 0.312 e. The lowest BCUT2D eigenvalue weighted by Gasteiger charge is -2.16. The molecule has 0 saturated heterocycles. The summed E-state index contributed by atoms with van der Waals surface area (Å²) in [5.41, 5.74) is 11.5. The molecule has 0 bridgehead atoms. The van der Waals surface area contributed by atoms with Gasteiger partial charge in [0.05, 0.1) is 6.07 Å². The minimum absolute atomic E-state index is 0.506. The second kappa shape index (κ2) is 3.81. The smallest absolute Gasteiger partial charge is 0.119 e. The number of nitriles is 1. The standard InChI is InChI=1S/C12H16N2/c1-7-5-8(2)10(4)12(9(7)3)11(14)6-13/h5,11H,14H2,1-4H3. The molecule has 1 aromatic rings. The quantitative estimate of drug-likeness (QED) is 0.736. The molecular weight excluding hydrogens is 172 g/mol. The summed E-state index contributed by atoms with van der Waals surface area (Å²) in [6.45, 7) is 8.15. The van der Waals surface area contributed by atoms with E-state index in [0.717, 1.165) is 16.7 Å². The molecule has 1 unspecified atom stereocenters. The zero-order chi connectivity index (χ0) is 10.9. The van der Waals surface area contributed by atoms with Crippen LogP contribution in [0.1, 0.15) is 33.9 Å². The van der Waals surface area contributed by atoms with E-state index in [4.69, 9.17) is 11.0 Å². The van der Waals surface area contributed by atoms with Crippen LogP contribution in [-0.2, 0) is 0 Å². The Balaban J connectivity index is 3.49. The molecule has 0 aliphatic rings. The Kier molecular flexibility index (Phi) is 2.93. The third kappa shape index (κ3) is 1.64. The molecule has 1 aromatic carbocycles. The van der Waals surface area contributed by atoms with E-state index in [1.165, 1.54) is 11.1 Å². The lowest BCUT2D eigenvalue weighted by atomic mass is 9.90. The Bertz CT molecular complexity index is 374. The third-order valence-electron chi connectivity index (χ3n) is 2.87. The van der Waals surface area contributed by atoms with Gasteiger partial charge in [-0.25, -0.2) is 0 Å². The van der Waals surface area contributed by atoms with Gasteiger partial charge in [0, 0.05) is 0 Å². The molecule has 1 rings (SSSR count). The fourth-order valence-electron chi connectivity index (χ4n) is 1.78. The summed E-state index contributed by atoms with van der Waals surface area (Å²) in [6, 6.07) is 3.73. The van der Waals surface area contributed by atoms with E-state index in [9.17, 15) is 0 Å². The van der Waals surface area contributed by atoms with E-state index in [1.54, 1.807) is 0 Å². The Hall–Kier alpha value is -1.33. The fourth-order valence-corrected chi connectivity index (χ4v) is 1.78. The molecule has 2 heteroatoms. The number of hydrogen-bond acceptors (Lipinski definition) is 2. The first-order chi connectivity index (χ1) is 6.49. The summed E-state index contributed by atoms with van der Waals surface area (Å²) in [4.78, 5) is 0. The van der Waals surface area contributed by atoms with Crippen molar-refractivity contribution in [2.45, 2.75) is 33.7 Å². The fraction of sp³-hybridized carbons (Fsp3) is 0.417. The molecule has 2 nitrogen and oxygen atoms in total. The van der Waals surface area contributed by atoms with Gasteiger partial charge in [-0.3, -0.25) is 0 Å². The maximum Gasteiger partial charge on any atom is 0.119 e. The van der Waals surface area contributed by atoms with Gasteiger partial charge in [-0.1, -0.05) is 6.07 Å². The highest BCUT2D eigenvalue weighted by Gasteiger charge is 2.14. The van der Waals surface area contributed by atoms with Gasteiger partial charge < -0.3 is 5.73 Å². The van der Waals surface area contributed by atoms with Crippen LogP contribution >= 0.6 is 0 Å². The van der Waals surface area contributed by atoms with Gasteiger partial charge in [0.25, 0.3) is 0 Å². The molecule has 0 amide bonds. The minimum Gasteiger partial charge on any atom is -0.312 e. The first kappa shape index (κ1) is 10.7. The van der Waals surface area contributed by atoms with Crippen LogP contribution in [0.15, 0.2) is 6.07 Å². The van der Waals surface area contributed by atoms with Gasteiger partial charge >= 0.3 is 0 Å². The summed E-state index contributed by atoms with van der Waals surface area (Å²) in [5.74, 6) is 0. The molecule has 0 saturated carbocycles. The topological polar surface area (TPSA) is 49.8 Å². The molecule has 0 radical (unpaired) electrons. The maximum atomic E-state index is 8.84. The first-order valence-electron chi connectivity index (χ1n) is 4.71. The highest BCUT2D eigenvalue weighted by atomic mass is 14.6. The zero-order valence-corrected chi connectivity index (χ0v) is 9.18. The van der Waals surface area contributed by atoms with Crippen LogP contribution in [0.5, 0.6) is 0 Å². The lowest BCUT2D eigenvalue weighted by Crippen LogP contribution is -2.12. The SMILES string of the molecule is Cc1cc(C)c(C)c(C(N)C#N)c1C. The predicted octanol–water partition coefficient (Wildman–Crippen LogP) is 2.44. The van der Waals surface area contributed by atoms with Crippen LogP contribution in [0.25, 0.3) is 0 Å². The van der Waals surface area contributed by atoms with E-state index in [1.807, 2.05) is 13.8 Å². The van der Waals surface area contributed by atoms with Gasteiger partial charge in [0.15, 0.2) is 0 Å². The Morgan fingerprint density at radius 1 is 1.14 bits per heavy atom. The lowest BCUT2D eigenvalue weighted by molar-refractivity contribution is 0.893. The van der Waals surface area contributed by atoms with Crippen LogP contribution in [0, 0.1) is 39.0 Å². The Morgan fingerprint density at radius 3 is 1.93 bits per heavy atom. The first-order valence-corrected chi connectivity index (χ1v) is 4.71. The number of aryl methyl sites for hydroxylation is 2. The van der Waals surface area contributed by atoms with Crippen molar-refractivity contribution in [1.29, 1.82) is 5.26 Å². The van der Waals surface area contributed by atoms with Crippen molar-refractivity contribution in [1.82, 2.24) is 0 Å². The van der Waals surface area contributed by atoms with Crippen molar-refractivity contribution in [3.8, 4) is 6.07 Å². The molecule has 74 valence electrons. The predicted molar refractivity (Wildman–Crippen MR) is 57.9 cm³/mol. The van der Waals surface area contributed by atoms with Crippen LogP contribution < -0.4 is 5.73 Å². The van der Waals surface area contributed by atoms with E-state index in [-0.39, 0.29) is 0 Å². The average molecular weight is 188 g/mol. The second-order valence-corrected chi connectivity index (χ2v) is 3.78. The summed E-state index contributed by atoms with van der Waals surface area (Å²) in [5, 5.41) is 8.84. The van der Waals surface area contributed by atoms with Crippen molar-refractivity contribution < 1.29 is 0 Å². The normalized spacial score (nSPS) is 12.3. The minimum atomic E-state index is -0.506. The monoisotopic (exact) mass is 188 g/mol. The maximum absolute atomic E-state index is 8.84. The molecule has 0 aliphatic carbocycles. The van der Waals surface area contributed by atoms with Gasteiger partial charge in [0.1, 0.15) is 6.04 Å². The van der Waals surface area contributed by atoms with Crippen molar-refractivity contribution >= 4 is 0 Å². The van der Waals surface area contributed by atoms with Crippen molar-refractivity contribution in [3.63, 3.8) is 0 Å². The zero-order valence-electron chi connectivity index (χ0n) is 9.18. The molecule has 0 aliphatic heterocycles. The highest BCUT2D eigenvalue weighted by Crippen LogP contribution is 2.25. The molecule has 0 aromatic heterocycles. The molecule has 14 heavy (non-hydrogen) atoms. The van der Waals surface area contributed by atoms with E-state index in [0.29, 0.717) is 0 Å². The molecule has 0 spiro atoms. The summed E-state index contributed by atoms with van der Waals surface area (Å²) >= 11 is 0. The summed E-state index contributed by atoms with van der Waals surface area (Å²) < 4.78 is 0. The van der Waals surface area contributed by atoms with Crippen molar-refractivity contribution in [2.24, 2.45) is 5.73 Å². The molecule has 0 heterocycles. The van der Waals surface area contributed by atoms with Gasteiger partial charge in [-0.2, -0.15) is 5.26 Å². The summed E-state index contributed by atoms with van der Waals surface area (Å²) in [6.07, 6.45) is 0. The van der Waals surface area contributed by atoms with Crippen molar-refractivity contribution in [2.75, 3.05) is 0 Å². The number of nitrogens with two attached hydrogens (primary N) is 1. The number of nitrogens with zero attached hydrogens (tertiary/aromatic N) is 1. The average Bonchev–Trinajstić information content (AvgIpc) is 2.15. The van der Waals surface area contributed by atoms with Crippen LogP contribution in [0.2, 0.25) is 0 Å². The number of hydrogen-bond donors (Lipinski definition) is 1. The van der Waals surface area contributed by atoms with Gasteiger partial charge in [0.2, 0.25) is 0 Å². The van der Waals surface area contributed by atoms with Crippen LogP contribution in [0.4, 0.5) is 0 Å². The molecule has 2 N–H and O–H groups in total. The number of benzene rings is 1. The molecular formula is C12H16N2. The van der Waals surface area contributed by atoms with E-state index in [2.05, 4.69) is 26.0 Å². The van der Waals surface area contributed by atoms with E-state index < -0.39 is 6.04 Å². The highest BCUT2D eigenvalue weighted by molar-refractivity contribution is 5.47. The molecule has 1 atom stereocenters. The third-order valence-corrected chi connectivity index (χ3v) is 2.87. The van der Waals surface area contributed by atoms with Gasteiger partial charge in [-0.15, -0.1) is 0 Å². The van der Waals surface area contributed by atoms with Crippen LogP contribution in [-0.4, -0.2) is 0 Å². The van der Waals surface area contributed by atoms with Gasteiger partial charge in [-0.05, 0) is 55.5 Å². The molecule has 0 fully saturated rings.